The van der Waals surface area contributed by atoms with Crippen molar-refractivity contribution in [1.29, 1.82) is 0 Å². The number of nitrogens with two attached hydrogens (primary N) is 1. The molecule has 256 valence electrons. The summed E-state index contributed by atoms with van der Waals surface area (Å²) in [4.78, 5) is 40.1. The average molecular weight is 690 g/mol. The second-order valence-corrected chi connectivity index (χ2v) is 12.1. The van der Waals surface area contributed by atoms with E-state index >= 15 is 0 Å². The highest BCUT2D eigenvalue weighted by Gasteiger charge is 2.49. The number of phenols is 2. The predicted molar refractivity (Wildman–Crippen MR) is 167 cm³/mol. The third kappa shape index (κ3) is 5.74. The zero-order chi connectivity index (χ0) is 33.9. The van der Waals surface area contributed by atoms with Gasteiger partial charge in [-0.2, -0.15) is 0 Å². The van der Waals surface area contributed by atoms with Gasteiger partial charge in [-0.25, -0.2) is 8.78 Å². The predicted octanol–water partition coefficient (Wildman–Crippen LogP) is 3.95. The maximum Gasteiger partial charge on any atom is 0.202 e. The highest BCUT2D eigenvalue weighted by Crippen LogP contribution is 2.52. The van der Waals surface area contributed by atoms with Crippen LogP contribution in [-0.2, 0) is 32.0 Å². The molecule has 14 heteroatoms. The molecule has 6 atom stereocenters. The van der Waals surface area contributed by atoms with Crippen molar-refractivity contribution in [2.75, 3.05) is 7.11 Å². The molecule has 0 amide bonds. The number of Topliss-reactive ketones (excluding diaryl/α,β-unsaturated/α-hetero) is 1. The van der Waals surface area contributed by atoms with Crippen LogP contribution in [-0.4, -0.2) is 69.9 Å². The van der Waals surface area contributed by atoms with E-state index in [4.69, 9.17) is 24.7 Å². The standard InChI is InChI=1S/C34H33F2NO10.ClH/c1-14-33(45-13-18-19(35)7-5-8-20(18)36)21(37)10-24(46-14)47-23-12-34(43,15(2)38)11-17-26(23)32(42)28-27(30(17)40)29(39)16-6-4-9-22(44-3)25(16)31(28)41;/h4-9,14,21,23-24,33,40,42-43H,10-13,37H2,1-3H3;1H/t14?,21?,23-,24?,33?,34-;/m0./s1. The van der Waals surface area contributed by atoms with Crippen molar-refractivity contribution in [3.05, 3.63) is 87.0 Å². The molecule has 3 aromatic carbocycles. The van der Waals surface area contributed by atoms with Gasteiger partial charge < -0.3 is 40.0 Å². The molecule has 11 nitrogen and oxygen atoms in total. The number of methoxy groups -OCH3 is 1. The van der Waals surface area contributed by atoms with Crippen LogP contribution in [0.25, 0.3) is 0 Å². The van der Waals surface area contributed by atoms with E-state index in [0.29, 0.717) is 0 Å². The number of carbonyl (C=O) groups is 3. The molecule has 1 aliphatic heterocycles. The first-order valence-corrected chi connectivity index (χ1v) is 15.0. The van der Waals surface area contributed by atoms with Crippen molar-refractivity contribution in [1.82, 2.24) is 0 Å². The van der Waals surface area contributed by atoms with Crippen molar-refractivity contribution < 1.29 is 57.4 Å². The first-order valence-electron chi connectivity index (χ1n) is 15.0. The molecule has 0 spiro atoms. The minimum atomic E-state index is -2.07. The number of benzene rings is 3. The van der Waals surface area contributed by atoms with Crippen molar-refractivity contribution in [2.24, 2.45) is 5.73 Å². The molecule has 6 rings (SSSR count). The second-order valence-electron chi connectivity index (χ2n) is 12.1. The van der Waals surface area contributed by atoms with Gasteiger partial charge in [-0.05, 0) is 32.0 Å². The number of rotatable bonds is 7. The van der Waals surface area contributed by atoms with E-state index in [-0.39, 0.29) is 58.8 Å². The summed E-state index contributed by atoms with van der Waals surface area (Å²) in [5.74, 6) is -4.96. The molecule has 3 aromatic rings. The lowest BCUT2D eigenvalue weighted by molar-refractivity contribution is -0.254. The Hall–Kier alpha value is -3.98. The molecule has 2 aliphatic carbocycles. The van der Waals surface area contributed by atoms with E-state index in [1.807, 2.05) is 0 Å². The zero-order valence-corrected chi connectivity index (χ0v) is 26.9. The maximum absolute atomic E-state index is 14.2. The molecule has 3 aliphatic rings. The van der Waals surface area contributed by atoms with E-state index in [9.17, 15) is 38.5 Å². The Morgan fingerprint density at radius 2 is 1.69 bits per heavy atom. The molecule has 0 aromatic heterocycles. The maximum atomic E-state index is 14.2. The van der Waals surface area contributed by atoms with Gasteiger partial charge in [0.25, 0.3) is 0 Å². The number of ketones is 3. The Labute approximate surface area is 280 Å². The Morgan fingerprint density at radius 3 is 2.31 bits per heavy atom. The summed E-state index contributed by atoms with van der Waals surface area (Å²) in [7, 11) is 1.32. The number of aromatic hydroxyl groups is 2. The number of hydrogen-bond donors (Lipinski definition) is 4. The van der Waals surface area contributed by atoms with E-state index in [0.717, 1.165) is 19.1 Å². The largest absolute Gasteiger partial charge is 0.507 e. The van der Waals surface area contributed by atoms with Crippen LogP contribution in [0, 0.1) is 11.6 Å². The Kier molecular flexibility index (Phi) is 9.67. The highest BCUT2D eigenvalue weighted by atomic mass is 35.5. The lowest BCUT2D eigenvalue weighted by Gasteiger charge is -2.43. The van der Waals surface area contributed by atoms with Crippen molar-refractivity contribution >= 4 is 29.8 Å². The van der Waals surface area contributed by atoms with Crippen molar-refractivity contribution in [3.8, 4) is 17.2 Å². The Balaban J connectivity index is 0.00000451. The molecule has 48 heavy (non-hydrogen) atoms. The minimum absolute atomic E-state index is 0. The van der Waals surface area contributed by atoms with Crippen LogP contribution in [0.2, 0.25) is 0 Å². The fraction of sp³-hybridized carbons (Fsp3) is 0.382. The Morgan fingerprint density at radius 1 is 1.04 bits per heavy atom. The van der Waals surface area contributed by atoms with Gasteiger partial charge in [-0.1, -0.05) is 18.2 Å². The van der Waals surface area contributed by atoms with Gasteiger partial charge in [-0.3, -0.25) is 14.4 Å². The molecule has 1 saturated heterocycles. The average Bonchev–Trinajstić information content (AvgIpc) is 3.01. The van der Waals surface area contributed by atoms with Crippen LogP contribution in [0.4, 0.5) is 8.78 Å². The normalized spacial score (nSPS) is 26.2. The van der Waals surface area contributed by atoms with Crippen LogP contribution < -0.4 is 10.5 Å². The summed E-state index contributed by atoms with van der Waals surface area (Å²) in [6.45, 7) is 2.37. The number of halogens is 3. The summed E-state index contributed by atoms with van der Waals surface area (Å²) in [6.07, 6.45) is -4.86. The van der Waals surface area contributed by atoms with Crippen LogP contribution >= 0.6 is 12.4 Å². The molecule has 0 radical (unpaired) electrons. The van der Waals surface area contributed by atoms with Gasteiger partial charge in [0.05, 0.1) is 48.7 Å². The number of aliphatic hydroxyl groups is 1. The first kappa shape index (κ1) is 35.3. The second kappa shape index (κ2) is 13.1. The van der Waals surface area contributed by atoms with E-state index in [2.05, 4.69) is 0 Å². The molecular weight excluding hydrogens is 656 g/mol. The van der Waals surface area contributed by atoms with Crippen LogP contribution in [0.1, 0.15) is 81.3 Å². The van der Waals surface area contributed by atoms with E-state index in [1.54, 1.807) is 6.92 Å². The summed E-state index contributed by atoms with van der Waals surface area (Å²) in [5.41, 5.74) is 2.76. The summed E-state index contributed by atoms with van der Waals surface area (Å²) < 4.78 is 51.6. The van der Waals surface area contributed by atoms with Crippen molar-refractivity contribution in [2.45, 2.75) is 76.0 Å². The fourth-order valence-electron chi connectivity index (χ4n) is 6.76. The van der Waals surface area contributed by atoms with Crippen molar-refractivity contribution in [3.63, 3.8) is 0 Å². The number of fused-ring (bicyclic) bond motifs is 3. The van der Waals surface area contributed by atoms with Gasteiger partial charge >= 0.3 is 0 Å². The summed E-state index contributed by atoms with van der Waals surface area (Å²) >= 11 is 0. The molecule has 0 bridgehead atoms. The molecule has 4 unspecified atom stereocenters. The quantitative estimate of drug-likeness (QED) is 0.207. The Bertz CT molecular complexity index is 1790. The van der Waals surface area contributed by atoms with E-state index < -0.39 is 101 Å². The van der Waals surface area contributed by atoms with Crippen LogP contribution in [0.3, 0.4) is 0 Å². The summed E-state index contributed by atoms with van der Waals surface area (Å²) in [6, 6.07) is 7.08. The fourth-order valence-corrected chi connectivity index (χ4v) is 6.76. The minimum Gasteiger partial charge on any atom is -0.507 e. The van der Waals surface area contributed by atoms with Crippen LogP contribution in [0.15, 0.2) is 36.4 Å². The third-order valence-corrected chi connectivity index (χ3v) is 9.24. The molecule has 0 saturated carbocycles. The van der Waals surface area contributed by atoms with Gasteiger partial charge in [0.15, 0.2) is 17.9 Å². The highest BCUT2D eigenvalue weighted by molar-refractivity contribution is 6.31. The van der Waals surface area contributed by atoms with Gasteiger partial charge in [0, 0.05) is 47.6 Å². The smallest absolute Gasteiger partial charge is 0.202 e. The first-order chi connectivity index (χ1) is 22.3. The molecular formula is C34H34ClF2NO10. The zero-order valence-electron chi connectivity index (χ0n) is 26.1. The van der Waals surface area contributed by atoms with E-state index in [1.165, 1.54) is 31.4 Å². The molecule has 5 N–H and O–H groups in total. The lowest BCUT2D eigenvalue weighted by atomic mass is 9.72. The van der Waals surface area contributed by atoms with Crippen LogP contribution in [0.5, 0.6) is 17.2 Å². The molecule has 1 heterocycles. The summed E-state index contributed by atoms with van der Waals surface area (Å²) in [5, 5.41) is 34.5. The topological polar surface area (TPSA) is 175 Å². The molecule has 1 fully saturated rings. The lowest BCUT2D eigenvalue weighted by Crippen LogP contribution is -2.53. The SMILES string of the molecule is COc1cccc2c1C(=O)c1c(O)c3c(c(O)c1C2=O)C[C@@](O)(C(C)=O)C[C@@H]3OC1CC(N)C(OCc2c(F)cccc2F)C(C)O1.Cl. The number of hydrogen-bond acceptors (Lipinski definition) is 11. The van der Waals surface area contributed by atoms with Gasteiger partial charge in [0.1, 0.15) is 34.5 Å². The third-order valence-electron chi connectivity index (χ3n) is 9.24. The van der Waals surface area contributed by atoms with Gasteiger partial charge in [-0.15, -0.1) is 12.4 Å². The number of carbonyl (C=O) groups excluding carboxylic acids is 3. The monoisotopic (exact) mass is 689 g/mol. The van der Waals surface area contributed by atoms with Gasteiger partial charge in [0.2, 0.25) is 5.78 Å². The number of ether oxygens (including phenoxy) is 4. The number of phenolic OH excluding ortho intramolecular Hbond substituents is 2.